The van der Waals surface area contributed by atoms with Crippen molar-refractivity contribution >= 4 is 34.7 Å². The topological polar surface area (TPSA) is 106 Å². The molecule has 0 unspecified atom stereocenters. The molecule has 8 nitrogen and oxygen atoms in total. The number of nitrogens with one attached hydrogen (secondary N) is 1. The summed E-state index contributed by atoms with van der Waals surface area (Å²) in [6.45, 7) is 15.1. The number of aromatic amines is 1. The van der Waals surface area contributed by atoms with Crippen molar-refractivity contribution < 1.29 is 28.7 Å². The Morgan fingerprint density at radius 1 is 1.05 bits per heavy atom. The normalized spacial score (nSPS) is 14.6. The van der Waals surface area contributed by atoms with Gasteiger partial charge in [-0.05, 0) is 47.9 Å². The van der Waals surface area contributed by atoms with Crippen molar-refractivity contribution in [1.82, 2.24) is 9.88 Å². The number of benzene rings is 2. The van der Waals surface area contributed by atoms with Crippen LogP contribution >= 0.6 is 0 Å². The van der Waals surface area contributed by atoms with E-state index in [4.69, 9.17) is 9.47 Å². The largest absolute Gasteiger partial charge is 0.467 e. The number of amides is 2. The van der Waals surface area contributed by atoms with Crippen LogP contribution in [-0.4, -0.2) is 52.9 Å². The van der Waals surface area contributed by atoms with Crippen LogP contribution in [0.25, 0.3) is 10.9 Å². The summed E-state index contributed by atoms with van der Waals surface area (Å²) in [5.74, 6) is -2.16. The minimum atomic E-state index is -1.19. The third-order valence-electron chi connectivity index (χ3n) is 7.41. The van der Waals surface area contributed by atoms with Crippen LogP contribution in [0, 0.1) is 0 Å². The zero-order chi connectivity index (χ0) is 29.4. The van der Waals surface area contributed by atoms with Gasteiger partial charge in [0.05, 0.1) is 18.2 Å². The highest BCUT2D eigenvalue weighted by Crippen LogP contribution is 2.36. The van der Waals surface area contributed by atoms with Gasteiger partial charge >= 0.3 is 11.9 Å². The molecule has 4 rings (SSSR count). The molecule has 0 spiro atoms. The number of carbonyl (C=O) groups is 4. The van der Waals surface area contributed by atoms with Gasteiger partial charge in [0.1, 0.15) is 12.1 Å². The van der Waals surface area contributed by atoms with Crippen molar-refractivity contribution in [1.29, 1.82) is 0 Å². The monoisotopic (exact) mass is 542 g/mol. The van der Waals surface area contributed by atoms with Gasteiger partial charge in [-0.15, -0.1) is 6.58 Å². The van der Waals surface area contributed by atoms with Crippen molar-refractivity contribution in [3.63, 3.8) is 0 Å². The Morgan fingerprint density at radius 3 is 2.20 bits per heavy atom. The lowest BCUT2D eigenvalue weighted by molar-refractivity contribution is -0.145. The first-order valence-electron chi connectivity index (χ1n) is 13.0. The van der Waals surface area contributed by atoms with E-state index in [1.165, 1.54) is 14.0 Å². The molecule has 8 heteroatoms. The van der Waals surface area contributed by atoms with E-state index >= 15 is 0 Å². The maximum atomic E-state index is 13.4. The highest BCUT2D eigenvalue weighted by molar-refractivity contribution is 6.22. The average molecular weight is 543 g/mol. The number of allylic oxidation sites excluding steroid dienone is 1. The number of aromatic nitrogens is 1. The van der Waals surface area contributed by atoms with Crippen LogP contribution in [0.3, 0.4) is 0 Å². The number of carbonyl (C=O) groups excluding carboxylic acids is 4. The fraction of sp³-hybridized carbons (Fsp3) is 0.312. The second-order valence-corrected chi connectivity index (χ2v) is 10.7. The second kappa shape index (κ2) is 11.0. The van der Waals surface area contributed by atoms with Crippen LogP contribution in [0.4, 0.5) is 0 Å². The lowest BCUT2D eigenvalue weighted by Crippen LogP contribution is -2.47. The maximum absolute atomic E-state index is 13.4. The number of H-pyrrole nitrogens is 1. The lowest BCUT2D eigenvalue weighted by atomic mass is 9.84. The van der Waals surface area contributed by atoms with Crippen LogP contribution < -0.4 is 0 Å². The second-order valence-electron chi connectivity index (χ2n) is 10.7. The Labute approximate surface area is 233 Å². The van der Waals surface area contributed by atoms with Crippen molar-refractivity contribution in [2.45, 2.75) is 58.1 Å². The Kier molecular flexibility index (Phi) is 7.82. The molecule has 2 heterocycles. The summed E-state index contributed by atoms with van der Waals surface area (Å²) in [4.78, 5) is 56.0. The summed E-state index contributed by atoms with van der Waals surface area (Å²) in [5, 5.41) is 0.816. The number of ether oxygens (including phenoxy) is 2. The molecular formula is C32H34N2O6. The Balaban J connectivity index is 1.84. The quantitative estimate of drug-likeness (QED) is 0.218. The molecule has 1 aliphatic heterocycles. The molecule has 0 saturated carbocycles. The molecule has 1 aromatic heterocycles. The molecule has 2 aromatic carbocycles. The van der Waals surface area contributed by atoms with Crippen LogP contribution in [0.5, 0.6) is 0 Å². The van der Waals surface area contributed by atoms with Gasteiger partial charge in [-0.25, -0.2) is 4.79 Å². The number of hydrogen-bond acceptors (Lipinski definition) is 6. The van der Waals surface area contributed by atoms with E-state index in [-0.39, 0.29) is 17.5 Å². The lowest BCUT2D eigenvalue weighted by Gasteiger charge is -2.26. The summed E-state index contributed by atoms with van der Waals surface area (Å²) in [7, 11) is 1.24. The predicted octanol–water partition coefficient (Wildman–Crippen LogP) is 5.06. The maximum Gasteiger partial charge on any atom is 0.329 e. The van der Waals surface area contributed by atoms with E-state index in [1.54, 1.807) is 30.3 Å². The fourth-order valence-corrected chi connectivity index (χ4v) is 5.12. The van der Waals surface area contributed by atoms with Crippen LogP contribution in [0.15, 0.2) is 67.3 Å². The summed E-state index contributed by atoms with van der Waals surface area (Å²) >= 11 is 0. The van der Waals surface area contributed by atoms with Gasteiger partial charge in [0.25, 0.3) is 11.8 Å². The van der Waals surface area contributed by atoms with Gasteiger partial charge in [-0.2, -0.15) is 0 Å². The molecule has 2 amide bonds. The Bertz CT molecular complexity index is 1510. The minimum Gasteiger partial charge on any atom is -0.467 e. The SMILES string of the molecule is C=CC(C)(C)c1[nH]c2ccc(C[C@@H](OC(C)=O)C(=C)C)cc2c1C[C@@H](C(=O)OC)N1C(=O)c2ccccc2C1=O. The molecule has 2 atom stereocenters. The molecular weight excluding hydrogens is 508 g/mol. The van der Waals surface area contributed by atoms with Gasteiger partial charge in [0.15, 0.2) is 0 Å². The molecule has 208 valence electrons. The molecule has 0 saturated heterocycles. The number of imide groups is 1. The zero-order valence-corrected chi connectivity index (χ0v) is 23.5. The van der Waals surface area contributed by atoms with E-state index in [9.17, 15) is 19.2 Å². The van der Waals surface area contributed by atoms with Gasteiger partial charge in [0.2, 0.25) is 0 Å². The van der Waals surface area contributed by atoms with Crippen molar-refractivity contribution in [3.05, 3.63) is 95.2 Å². The first kappa shape index (κ1) is 28.5. The number of hydrogen-bond donors (Lipinski definition) is 1. The third kappa shape index (κ3) is 5.21. The van der Waals surface area contributed by atoms with Gasteiger partial charge in [-0.1, -0.05) is 44.7 Å². The fourth-order valence-electron chi connectivity index (χ4n) is 5.12. The zero-order valence-electron chi connectivity index (χ0n) is 23.5. The number of nitrogens with zero attached hydrogens (tertiary/aromatic N) is 1. The number of methoxy groups -OCH3 is 1. The van der Waals surface area contributed by atoms with Gasteiger partial charge in [-0.3, -0.25) is 19.3 Å². The summed E-state index contributed by atoms with van der Waals surface area (Å²) in [6.07, 6.45) is 1.74. The first-order valence-corrected chi connectivity index (χ1v) is 13.0. The van der Waals surface area contributed by atoms with Gasteiger partial charge < -0.3 is 14.5 Å². The third-order valence-corrected chi connectivity index (χ3v) is 7.41. The summed E-state index contributed by atoms with van der Waals surface area (Å²) in [6, 6.07) is 11.2. The standard InChI is InChI=1S/C32H34N2O6/c1-8-32(5,6)28-24(23-15-20(13-14-25(23)33-28)16-27(18(2)3)40-19(4)35)17-26(31(38)39-7)34-29(36)21-11-9-10-12-22(21)30(34)37/h8-15,26-27,33H,1-2,16-17H2,3-7H3/t26-,27+/m0/s1. The van der Waals surface area contributed by atoms with Crippen molar-refractivity contribution in [3.8, 4) is 0 Å². The van der Waals surface area contributed by atoms with E-state index in [2.05, 4.69) is 18.1 Å². The van der Waals surface area contributed by atoms with Gasteiger partial charge in [0, 0.05) is 41.8 Å². The minimum absolute atomic E-state index is 0.0298. The molecule has 40 heavy (non-hydrogen) atoms. The van der Waals surface area contributed by atoms with E-state index in [0.29, 0.717) is 6.42 Å². The number of fused-ring (bicyclic) bond motifs is 2. The van der Waals surface area contributed by atoms with E-state index < -0.39 is 41.3 Å². The first-order chi connectivity index (χ1) is 18.9. The Morgan fingerprint density at radius 2 is 1.68 bits per heavy atom. The number of esters is 2. The summed E-state index contributed by atoms with van der Waals surface area (Å²) < 4.78 is 10.6. The van der Waals surface area contributed by atoms with Crippen molar-refractivity contribution in [2.75, 3.05) is 7.11 Å². The molecule has 1 aliphatic rings. The molecule has 1 N–H and O–H groups in total. The molecule has 0 bridgehead atoms. The summed E-state index contributed by atoms with van der Waals surface area (Å²) in [5.41, 5.74) is 3.96. The highest BCUT2D eigenvalue weighted by atomic mass is 16.5. The molecule has 3 aromatic rings. The van der Waals surface area contributed by atoms with Crippen LogP contribution in [0.2, 0.25) is 0 Å². The van der Waals surface area contributed by atoms with Crippen LogP contribution in [0.1, 0.15) is 65.2 Å². The highest BCUT2D eigenvalue weighted by Gasteiger charge is 2.44. The predicted molar refractivity (Wildman–Crippen MR) is 152 cm³/mol. The molecule has 0 radical (unpaired) electrons. The van der Waals surface area contributed by atoms with Crippen LogP contribution in [-0.2, 0) is 37.3 Å². The Hall–Kier alpha value is -4.46. The molecule has 0 fully saturated rings. The van der Waals surface area contributed by atoms with E-state index in [1.807, 2.05) is 39.0 Å². The average Bonchev–Trinajstić information content (AvgIpc) is 3.41. The van der Waals surface area contributed by atoms with Crippen molar-refractivity contribution in [2.24, 2.45) is 0 Å². The molecule has 0 aliphatic carbocycles. The smallest absolute Gasteiger partial charge is 0.329 e. The van der Waals surface area contributed by atoms with E-state index in [0.717, 1.165) is 38.2 Å². The number of rotatable bonds is 10.